The third-order valence-corrected chi connectivity index (χ3v) is 2.40. The van der Waals surface area contributed by atoms with Gasteiger partial charge in [0.05, 0.1) is 0 Å². The minimum atomic E-state index is -0.230. The topological polar surface area (TPSA) is 70.2 Å². The molecule has 0 unspecified atom stereocenters. The van der Waals surface area contributed by atoms with Gasteiger partial charge in [-0.05, 0) is 17.7 Å². The molecule has 0 spiro atoms. The summed E-state index contributed by atoms with van der Waals surface area (Å²) in [4.78, 5) is 22.6. The van der Waals surface area contributed by atoms with Crippen molar-refractivity contribution < 1.29 is 9.59 Å². The summed E-state index contributed by atoms with van der Waals surface area (Å²) >= 11 is 0. The average molecular weight is 249 g/mol. The second-order valence-corrected chi connectivity index (χ2v) is 4.28. The van der Waals surface area contributed by atoms with E-state index in [4.69, 9.17) is 0 Å². The van der Waals surface area contributed by atoms with Gasteiger partial charge in [-0.15, -0.1) is 0 Å². The molecule has 1 aromatic rings. The number of hydrogen-bond acceptors (Lipinski definition) is 2. The van der Waals surface area contributed by atoms with Crippen molar-refractivity contribution in [1.29, 1.82) is 0 Å². The Kier molecular flexibility index (Phi) is 5.17. The van der Waals surface area contributed by atoms with Gasteiger partial charge >= 0.3 is 6.03 Å². The number of rotatable bonds is 4. The zero-order valence-corrected chi connectivity index (χ0v) is 10.9. The minimum Gasteiger partial charge on any atom is -0.341 e. The van der Waals surface area contributed by atoms with E-state index >= 15 is 0 Å². The molecule has 3 amide bonds. The fraction of sp³-hybridized carbons (Fsp3) is 0.385. The van der Waals surface area contributed by atoms with Crippen LogP contribution in [-0.4, -0.2) is 19.0 Å². The van der Waals surface area contributed by atoms with Crippen molar-refractivity contribution in [3.63, 3.8) is 0 Å². The van der Waals surface area contributed by atoms with Crippen molar-refractivity contribution in [2.24, 2.45) is 5.92 Å². The van der Waals surface area contributed by atoms with Gasteiger partial charge in [0, 0.05) is 25.2 Å². The number of hydrogen-bond donors (Lipinski definition) is 3. The zero-order valence-electron chi connectivity index (χ0n) is 10.9. The van der Waals surface area contributed by atoms with Crippen LogP contribution in [0, 0.1) is 5.92 Å². The summed E-state index contributed by atoms with van der Waals surface area (Å²) in [5.41, 5.74) is 1.67. The molecular formula is C13H19N3O2. The zero-order chi connectivity index (χ0) is 13.5. The van der Waals surface area contributed by atoms with Gasteiger partial charge in [-0.1, -0.05) is 26.0 Å². The van der Waals surface area contributed by atoms with E-state index in [9.17, 15) is 9.59 Å². The summed E-state index contributed by atoms with van der Waals surface area (Å²) in [5.74, 6) is -0.0796. The molecule has 0 heterocycles. The first kappa shape index (κ1) is 14.0. The number of benzene rings is 1. The first-order chi connectivity index (χ1) is 8.52. The van der Waals surface area contributed by atoms with Crippen LogP contribution in [0.15, 0.2) is 24.3 Å². The maximum atomic E-state index is 11.5. The smallest absolute Gasteiger partial charge is 0.314 e. The Morgan fingerprint density at radius 3 is 2.61 bits per heavy atom. The van der Waals surface area contributed by atoms with Crippen molar-refractivity contribution in [1.82, 2.24) is 10.6 Å². The van der Waals surface area contributed by atoms with E-state index in [0.717, 1.165) is 11.3 Å². The highest BCUT2D eigenvalue weighted by Gasteiger charge is 2.07. The molecule has 98 valence electrons. The number of amides is 3. The lowest BCUT2D eigenvalue weighted by Crippen LogP contribution is -2.32. The van der Waals surface area contributed by atoms with Crippen LogP contribution in [0.3, 0.4) is 0 Å². The number of carbonyl (C=O) groups excluding carboxylic acids is 2. The highest BCUT2D eigenvalue weighted by Crippen LogP contribution is 2.11. The molecule has 0 aliphatic heterocycles. The van der Waals surface area contributed by atoms with Gasteiger partial charge < -0.3 is 16.0 Å². The standard InChI is InChI=1S/C13H19N3O2/c1-9(2)12(17)16-11-6-4-5-10(7-11)8-15-13(18)14-3/h4-7,9H,8H2,1-3H3,(H,16,17)(H2,14,15,18). The van der Waals surface area contributed by atoms with E-state index in [0.29, 0.717) is 6.54 Å². The summed E-state index contributed by atoms with van der Waals surface area (Å²) in [7, 11) is 1.56. The van der Waals surface area contributed by atoms with Crippen LogP contribution in [0.2, 0.25) is 0 Å². The van der Waals surface area contributed by atoms with Crippen molar-refractivity contribution in [2.45, 2.75) is 20.4 Å². The Morgan fingerprint density at radius 1 is 1.28 bits per heavy atom. The maximum Gasteiger partial charge on any atom is 0.314 e. The van der Waals surface area contributed by atoms with Gasteiger partial charge in [0.2, 0.25) is 5.91 Å². The lowest BCUT2D eigenvalue weighted by atomic mass is 10.1. The Hall–Kier alpha value is -2.04. The molecule has 0 aliphatic rings. The van der Waals surface area contributed by atoms with Crippen LogP contribution >= 0.6 is 0 Å². The molecule has 0 saturated heterocycles. The molecule has 1 aromatic carbocycles. The third kappa shape index (κ3) is 4.45. The van der Waals surface area contributed by atoms with E-state index in [1.807, 2.05) is 38.1 Å². The fourth-order valence-electron chi connectivity index (χ4n) is 1.32. The normalized spacial score (nSPS) is 10.0. The van der Waals surface area contributed by atoms with Crippen LogP contribution in [0.25, 0.3) is 0 Å². The molecule has 0 aromatic heterocycles. The van der Waals surface area contributed by atoms with Crippen LogP contribution in [0.4, 0.5) is 10.5 Å². The summed E-state index contributed by atoms with van der Waals surface area (Å²) < 4.78 is 0. The highest BCUT2D eigenvalue weighted by molar-refractivity contribution is 5.92. The first-order valence-corrected chi connectivity index (χ1v) is 5.88. The van der Waals surface area contributed by atoms with Crippen molar-refractivity contribution in [2.75, 3.05) is 12.4 Å². The summed E-state index contributed by atoms with van der Waals surface area (Å²) in [6.07, 6.45) is 0. The Morgan fingerprint density at radius 2 is 2.00 bits per heavy atom. The quantitative estimate of drug-likeness (QED) is 0.760. The maximum absolute atomic E-state index is 11.5. The lowest BCUT2D eigenvalue weighted by molar-refractivity contribution is -0.118. The van der Waals surface area contributed by atoms with Gasteiger partial charge in [0.25, 0.3) is 0 Å². The second-order valence-electron chi connectivity index (χ2n) is 4.28. The molecule has 5 nitrogen and oxygen atoms in total. The van der Waals surface area contributed by atoms with E-state index < -0.39 is 0 Å². The molecule has 0 atom stereocenters. The molecule has 0 saturated carbocycles. The SMILES string of the molecule is CNC(=O)NCc1cccc(NC(=O)C(C)C)c1. The molecular weight excluding hydrogens is 230 g/mol. The molecule has 0 aliphatic carbocycles. The van der Waals surface area contributed by atoms with Gasteiger partial charge in [-0.3, -0.25) is 4.79 Å². The van der Waals surface area contributed by atoms with Crippen LogP contribution < -0.4 is 16.0 Å². The Bertz CT molecular complexity index is 430. The number of anilines is 1. The Labute approximate surface area is 107 Å². The van der Waals surface area contributed by atoms with E-state index in [1.54, 1.807) is 7.05 Å². The Balaban J connectivity index is 2.62. The second kappa shape index (κ2) is 6.64. The van der Waals surface area contributed by atoms with E-state index in [2.05, 4.69) is 16.0 Å². The highest BCUT2D eigenvalue weighted by atomic mass is 16.2. The van der Waals surface area contributed by atoms with Gasteiger partial charge in [0.15, 0.2) is 0 Å². The molecule has 0 bridgehead atoms. The fourth-order valence-corrected chi connectivity index (χ4v) is 1.32. The lowest BCUT2D eigenvalue weighted by Gasteiger charge is -2.10. The monoisotopic (exact) mass is 249 g/mol. The predicted octanol–water partition coefficient (Wildman–Crippen LogP) is 1.71. The van der Waals surface area contributed by atoms with Crippen molar-refractivity contribution >= 4 is 17.6 Å². The number of urea groups is 1. The summed E-state index contributed by atoms with van der Waals surface area (Å²) in [6.45, 7) is 4.10. The molecule has 5 heteroatoms. The molecule has 18 heavy (non-hydrogen) atoms. The van der Waals surface area contributed by atoms with Gasteiger partial charge in [0.1, 0.15) is 0 Å². The molecule has 1 rings (SSSR count). The summed E-state index contributed by atoms with van der Waals surface area (Å²) in [6, 6.07) is 7.17. The largest absolute Gasteiger partial charge is 0.341 e. The minimum absolute atomic E-state index is 0.0218. The van der Waals surface area contributed by atoms with Crippen molar-refractivity contribution in [3.8, 4) is 0 Å². The van der Waals surface area contributed by atoms with Crippen LogP contribution in [0.1, 0.15) is 19.4 Å². The van der Waals surface area contributed by atoms with Crippen molar-refractivity contribution in [3.05, 3.63) is 29.8 Å². The molecule has 0 radical (unpaired) electrons. The number of carbonyl (C=O) groups is 2. The average Bonchev–Trinajstić information content (AvgIpc) is 2.36. The van der Waals surface area contributed by atoms with Gasteiger partial charge in [-0.25, -0.2) is 4.79 Å². The first-order valence-electron chi connectivity index (χ1n) is 5.88. The van der Waals surface area contributed by atoms with Crippen LogP contribution in [-0.2, 0) is 11.3 Å². The number of nitrogens with one attached hydrogen (secondary N) is 3. The van der Waals surface area contributed by atoms with E-state index in [-0.39, 0.29) is 17.9 Å². The van der Waals surface area contributed by atoms with Gasteiger partial charge in [-0.2, -0.15) is 0 Å². The summed E-state index contributed by atoms with van der Waals surface area (Å²) in [5, 5.41) is 7.98. The predicted molar refractivity (Wildman–Crippen MR) is 71.2 cm³/mol. The molecule has 3 N–H and O–H groups in total. The van der Waals surface area contributed by atoms with E-state index in [1.165, 1.54) is 0 Å². The van der Waals surface area contributed by atoms with Crippen LogP contribution in [0.5, 0.6) is 0 Å². The molecule has 0 fully saturated rings. The third-order valence-electron chi connectivity index (χ3n) is 2.40.